The van der Waals surface area contributed by atoms with E-state index in [2.05, 4.69) is 83.6 Å². The number of hydrogen-bond acceptors (Lipinski definition) is 1. The summed E-state index contributed by atoms with van der Waals surface area (Å²) in [5.74, 6) is 0. The van der Waals surface area contributed by atoms with Gasteiger partial charge in [-0.25, -0.2) is 0 Å². The summed E-state index contributed by atoms with van der Waals surface area (Å²) in [7, 11) is 0. The highest BCUT2D eigenvalue weighted by Gasteiger charge is 2.14. The van der Waals surface area contributed by atoms with Gasteiger partial charge in [0.15, 0.2) is 0 Å². The van der Waals surface area contributed by atoms with E-state index in [0.717, 1.165) is 19.4 Å². The van der Waals surface area contributed by atoms with Gasteiger partial charge in [-0.1, -0.05) is 65.3 Å². The molecule has 0 radical (unpaired) electrons. The quantitative estimate of drug-likeness (QED) is 0.781. The van der Waals surface area contributed by atoms with Crippen molar-refractivity contribution < 1.29 is 0 Å². The van der Waals surface area contributed by atoms with Crippen LogP contribution in [0.15, 0.2) is 53.0 Å². The van der Waals surface area contributed by atoms with Crippen LogP contribution in [0.25, 0.3) is 0 Å². The zero-order valence-corrected chi connectivity index (χ0v) is 13.8. The Kier molecular flexibility index (Phi) is 5.81. The zero-order valence-electron chi connectivity index (χ0n) is 12.2. The summed E-state index contributed by atoms with van der Waals surface area (Å²) < 4.78 is 1.19. The first-order valence-corrected chi connectivity index (χ1v) is 8.04. The van der Waals surface area contributed by atoms with Crippen molar-refractivity contribution in [3.05, 3.63) is 69.7 Å². The Morgan fingerprint density at radius 2 is 1.75 bits per heavy atom. The Labute approximate surface area is 130 Å². The van der Waals surface area contributed by atoms with Crippen LogP contribution in [0.1, 0.15) is 36.1 Å². The molecule has 2 rings (SSSR count). The van der Waals surface area contributed by atoms with E-state index >= 15 is 0 Å². The fourth-order valence-corrected chi connectivity index (χ4v) is 2.92. The lowest BCUT2D eigenvalue weighted by molar-refractivity contribution is 0.526. The number of aryl methyl sites for hydroxylation is 1. The molecule has 0 aliphatic carbocycles. The fraction of sp³-hybridized carbons (Fsp3) is 0.333. The number of nitrogens with one attached hydrogen (secondary N) is 1. The van der Waals surface area contributed by atoms with Crippen molar-refractivity contribution in [3.63, 3.8) is 0 Å². The van der Waals surface area contributed by atoms with E-state index < -0.39 is 0 Å². The van der Waals surface area contributed by atoms with Crippen molar-refractivity contribution in [2.75, 3.05) is 6.54 Å². The summed E-state index contributed by atoms with van der Waals surface area (Å²) >= 11 is 3.66. The van der Waals surface area contributed by atoms with Gasteiger partial charge in [-0.15, -0.1) is 0 Å². The van der Waals surface area contributed by atoms with Crippen molar-refractivity contribution in [1.82, 2.24) is 5.32 Å². The van der Waals surface area contributed by atoms with Crippen LogP contribution in [-0.2, 0) is 6.42 Å². The second kappa shape index (κ2) is 7.61. The molecule has 0 fully saturated rings. The van der Waals surface area contributed by atoms with Crippen molar-refractivity contribution in [2.24, 2.45) is 0 Å². The third kappa shape index (κ3) is 3.94. The lowest BCUT2D eigenvalue weighted by Gasteiger charge is -2.21. The molecule has 0 bridgehead atoms. The van der Waals surface area contributed by atoms with Gasteiger partial charge < -0.3 is 5.32 Å². The van der Waals surface area contributed by atoms with Gasteiger partial charge >= 0.3 is 0 Å². The van der Waals surface area contributed by atoms with Gasteiger partial charge in [-0.3, -0.25) is 0 Å². The Morgan fingerprint density at radius 3 is 2.45 bits per heavy atom. The van der Waals surface area contributed by atoms with Crippen LogP contribution in [-0.4, -0.2) is 6.54 Å². The number of halogens is 1. The smallest absolute Gasteiger partial charge is 0.0363 e. The molecule has 0 aromatic heterocycles. The molecule has 0 aliphatic heterocycles. The third-order valence-electron chi connectivity index (χ3n) is 3.59. The monoisotopic (exact) mass is 331 g/mol. The van der Waals surface area contributed by atoms with Gasteiger partial charge in [0.2, 0.25) is 0 Å². The topological polar surface area (TPSA) is 12.0 Å². The van der Waals surface area contributed by atoms with Gasteiger partial charge in [0.25, 0.3) is 0 Å². The van der Waals surface area contributed by atoms with Crippen LogP contribution in [0.2, 0.25) is 0 Å². The van der Waals surface area contributed by atoms with E-state index in [1.54, 1.807) is 0 Å². The standard InChI is InChI=1S/C18H22BrN/c1-3-12-20-18(16-10-6-4-8-14(16)2)13-15-9-5-7-11-17(15)19/h4-11,18,20H,3,12-13H2,1-2H3. The first-order chi connectivity index (χ1) is 9.72. The molecule has 20 heavy (non-hydrogen) atoms. The van der Waals surface area contributed by atoms with E-state index in [4.69, 9.17) is 0 Å². The normalized spacial score (nSPS) is 12.3. The molecule has 0 aliphatic rings. The summed E-state index contributed by atoms with van der Waals surface area (Å²) in [6.07, 6.45) is 2.16. The molecule has 106 valence electrons. The molecule has 0 heterocycles. The Hall–Kier alpha value is -1.12. The van der Waals surface area contributed by atoms with Crippen LogP contribution in [0.5, 0.6) is 0 Å². The predicted octanol–water partition coefficient (Wildman–Crippen LogP) is 5.04. The Bertz CT molecular complexity index is 551. The average Bonchev–Trinajstić information content (AvgIpc) is 2.46. The average molecular weight is 332 g/mol. The summed E-state index contributed by atoms with van der Waals surface area (Å²) in [6.45, 7) is 5.44. The lowest BCUT2D eigenvalue weighted by Crippen LogP contribution is -2.25. The molecule has 1 unspecified atom stereocenters. The molecule has 1 atom stereocenters. The molecule has 0 spiro atoms. The highest BCUT2D eigenvalue weighted by molar-refractivity contribution is 9.10. The van der Waals surface area contributed by atoms with E-state index in [-0.39, 0.29) is 0 Å². The zero-order chi connectivity index (χ0) is 14.4. The van der Waals surface area contributed by atoms with Crippen LogP contribution in [0.4, 0.5) is 0 Å². The molecule has 0 amide bonds. The minimum atomic E-state index is 0.370. The maximum Gasteiger partial charge on any atom is 0.0363 e. The first kappa shape index (κ1) is 15.3. The number of rotatable bonds is 6. The van der Waals surface area contributed by atoms with Crippen molar-refractivity contribution >= 4 is 15.9 Å². The molecular formula is C18H22BrN. The largest absolute Gasteiger partial charge is 0.310 e. The van der Waals surface area contributed by atoms with Gasteiger partial charge in [0.1, 0.15) is 0 Å². The van der Waals surface area contributed by atoms with Crippen LogP contribution in [0.3, 0.4) is 0 Å². The van der Waals surface area contributed by atoms with E-state index in [1.165, 1.54) is 21.2 Å². The molecule has 2 aromatic rings. The summed E-state index contributed by atoms with van der Waals surface area (Å²) in [6, 6.07) is 17.5. The van der Waals surface area contributed by atoms with Gasteiger partial charge in [0.05, 0.1) is 0 Å². The predicted molar refractivity (Wildman–Crippen MR) is 90.1 cm³/mol. The number of hydrogen-bond donors (Lipinski definition) is 1. The van der Waals surface area contributed by atoms with E-state index in [0.29, 0.717) is 6.04 Å². The summed E-state index contributed by atoms with van der Waals surface area (Å²) in [5.41, 5.74) is 4.11. The molecule has 2 heteroatoms. The van der Waals surface area contributed by atoms with Crippen molar-refractivity contribution in [3.8, 4) is 0 Å². The summed E-state index contributed by atoms with van der Waals surface area (Å²) in [4.78, 5) is 0. The van der Waals surface area contributed by atoms with Gasteiger partial charge in [-0.05, 0) is 49.1 Å². The first-order valence-electron chi connectivity index (χ1n) is 7.24. The van der Waals surface area contributed by atoms with Crippen LogP contribution < -0.4 is 5.32 Å². The van der Waals surface area contributed by atoms with Crippen molar-refractivity contribution in [1.29, 1.82) is 0 Å². The molecule has 2 aromatic carbocycles. The molecule has 0 saturated heterocycles. The minimum Gasteiger partial charge on any atom is -0.310 e. The molecular weight excluding hydrogens is 310 g/mol. The molecule has 1 nitrogen and oxygen atoms in total. The van der Waals surface area contributed by atoms with Crippen LogP contribution >= 0.6 is 15.9 Å². The second-order valence-corrected chi connectivity index (χ2v) is 6.01. The lowest BCUT2D eigenvalue weighted by atomic mass is 9.95. The molecule has 1 N–H and O–H groups in total. The fourth-order valence-electron chi connectivity index (χ4n) is 2.47. The van der Waals surface area contributed by atoms with Gasteiger partial charge in [0, 0.05) is 10.5 Å². The van der Waals surface area contributed by atoms with Gasteiger partial charge in [-0.2, -0.15) is 0 Å². The van der Waals surface area contributed by atoms with E-state index in [9.17, 15) is 0 Å². The Morgan fingerprint density at radius 1 is 1.05 bits per heavy atom. The van der Waals surface area contributed by atoms with E-state index in [1.807, 2.05) is 0 Å². The third-order valence-corrected chi connectivity index (χ3v) is 4.36. The second-order valence-electron chi connectivity index (χ2n) is 5.16. The van der Waals surface area contributed by atoms with Crippen molar-refractivity contribution in [2.45, 2.75) is 32.7 Å². The highest BCUT2D eigenvalue weighted by atomic mass is 79.9. The molecule has 0 saturated carbocycles. The maximum atomic E-state index is 3.68. The Balaban J connectivity index is 2.24. The minimum absolute atomic E-state index is 0.370. The SMILES string of the molecule is CCCNC(Cc1ccccc1Br)c1ccccc1C. The number of benzene rings is 2. The summed E-state index contributed by atoms with van der Waals surface area (Å²) in [5, 5.41) is 3.68. The maximum absolute atomic E-state index is 3.68. The van der Waals surface area contributed by atoms with Crippen LogP contribution in [0, 0.1) is 6.92 Å². The highest BCUT2D eigenvalue weighted by Crippen LogP contribution is 2.25.